The van der Waals surface area contributed by atoms with Crippen LogP contribution >= 0.6 is 0 Å². The third-order valence-electron chi connectivity index (χ3n) is 4.44. The van der Waals surface area contributed by atoms with Crippen molar-refractivity contribution in [1.29, 1.82) is 0 Å². The highest BCUT2D eigenvalue weighted by molar-refractivity contribution is 5.90. The average molecular weight is 332 g/mol. The fourth-order valence-electron chi connectivity index (χ4n) is 3.15. The number of para-hydroxylation sites is 1. The number of hydrogen-bond donors (Lipinski definition) is 1. The van der Waals surface area contributed by atoms with Crippen molar-refractivity contribution in [1.82, 2.24) is 4.90 Å². The van der Waals surface area contributed by atoms with E-state index in [4.69, 9.17) is 10.5 Å². The molecule has 2 N–H and O–H groups in total. The number of ketones is 1. The lowest BCUT2D eigenvalue weighted by molar-refractivity contribution is -0.123. The molecule has 0 unspecified atom stereocenters. The van der Waals surface area contributed by atoms with E-state index in [0.717, 1.165) is 17.5 Å². The summed E-state index contributed by atoms with van der Waals surface area (Å²) in [5.74, 6) is 0.138. The van der Waals surface area contributed by atoms with E-state index in [1.807, 2.05) is 52.8 Å². The first-order valence-electron chi connectivity index (χ1n) is 8.46. The van der Waals surface area contributed by atoms with Gasteiger partial charge in [-0.2, -0.15) is 0 Å². The van der Waals surface area contributed by atoms with E-state index < -0.39 is 17.7 Å². The highest BCUT2D eigenvalue weighted by atomic mass is 16.6. The van der Waals surface area contributed by atoms with Crippen LogP contribution in [-0.4, -0.2) is 35.0 Å². The van der Waals surface area contributed by atoms with Crippen LogP contribution in [0.4, 0.5) is 10.5 Å². The van der Waals surface area contributed by atoms with E-state index in [1.54, 1.807) is 4.90 Å². The molecule has 5 nitrogen and oxygen atoms in total. The zero-order valence-corrected chi connectivity index (χ0v) is 15.3. The van der Waals surface area contributed by atoms with Gasteiger partial charge in [0.1, 0.15) is 5.60 Å². The number of carbonyl (C=O) groups is 2. The molecule has 0 aliphatic carbocycles. The number of rotatable bonds is 3. The Morgan fingerprint density at radius 3 is 2.62 bits per heavy atom. The predicted octanol–water partition coefficient (Wildman–Crippen LogP) is 3.33. The molecule has 1 fully saturated rings. The number of carbonyl (C=O) groups excluding carboxylic acids is 2. The summed E-state index contributed by atoms with van der Waals surface area (Å²) in [4.78, 5) is 26.9. The average Bonchev–Trinajstić information content (AvgIpc) is 2.84. The van der Waals surface area contributed by atoms with Gasteiger partial charge in [0.05, 0.1) is 6.04 Å². The Bertz CT molecular complexity index is 634. The van der Waals surface area contributed by atoms with Gasteiger partial charge in [-0.15, -0.1) is 0 Å². The minimum Gasteiger partial charge on any atom is -0.444 e. The number of aryl methyl sites for hydroxylation is 1. The van der Waals surface area contributed by atoms with E-state index in [9.17, 15) is 9.59 Å². The number of Topliss-reactive ketones (excluding diaryl/α,β-unsaturated/α-hetero) is 1. The second-order valence-electron chi connectivity index (χ2n) is 7.68. The number of amides is 1. The normalized spacial score (nSPS) is 21.0. The van der Waals surface area contributed by atoms with Crippen LogP contribution in [0.1, 0.15) is 45.2 Å². The maximum Gasteiger partial charge on any atom is 0.410 e. The van der Waals surface area contributed by atoms with Crippen molar-refractivity contribution in [2.45, 2.75) is 59.1 Å². The zero-order chi connectivity index (χ0) is 18.1. The van der Waals surface area contributed by atoms with Crippen molar-refractivity contribution >= 4 is 17.6 Å². The number of anilines is 1. The lowest BCUT2D eigenvalue weighted by Gasteiger charge is -2.29. The second kappa shape index (κ2) is 6.83. The Morgan fingerprint density at radius 2 is 2.00 bits per heavy atom. The van der Waals surface area contributed by atoms with Gasteiger partial charge < -0.3 is 10.5 Å². The van der Waals surface area contributed by atoms with Gasteiger partial charge in [0.25, 0.3) is 0 Å². The van der Waals surface area contributed by atoms with Crippen LogP contribution in [0.15, 0.2) is 18.2 Å². The molecular formula is C19H28N2O3. The summed E-state index contributed by atoms with van der Waals surface area (Å²) in [6.45, 7) is 9.97. The maximum atomic E-state index is 12.9. The molecule has 132 valence electrons. The van der Waals surface area contributed by atoms with Gasteiger partial charge in [0.15, 0.2) is 5.78 Å². The number of likely N-dealkylation sites (tertiary alicyclic amines) is 1. The summed E-state index contributed by atoms with van der Waals surface area (Å²) in [7, 11) is 0. The van der Waals surface area contributed by atoms with Crippen molar-refractivity contribution in [3.8, 4) is 0 Å². The van der Waals surface area contributed by atoms with E-state index in [-0.39, 0.29) is 18.1 Å². The van der Waals surface area contributed by atoms with Crippen LogP contribution in [0.3, 0.4) is 0 Å². The summed E-state index contributed by atoms with van der Waals surface area (Å²) in [5, 5.41) is 0. The van der Waals surface area contributed by atoms with E-state index in [1.165, 1.54) is 0 Å². The molecule has 1 amide bonds. The van der Waals surface area contributed by atoms with Crippen molar-refractivity contribution in [3.05, 3.63) is 29.3 Å². The summed E-state index contributed by atoms with van der Waals surface area (Å²) in [5.41, 5.74) is 7.95. The number of ether oxygens (including phenoxy) is 1. The first-order chi connectivity index (χ1) is 11.1. The van der Waals surface area contributed by atoms with Gasteiger partial charge in [0.2, 0.25) is 0 Å². The molecule has 0 spiro atoms. The van der Waals surface area contributed by atoms with Gasteiger partial charge in [-0.1, -0.05) is 25.1 Å². The number of benzene rings is 1. The Labute approximate surface area is 144 Å². The number of nitrogens with two attached hydrogens (primary N) is 1. The number of nitrogen functional groups attached to an aromatic ring is 1. The molecule has 24 heavy (non-hydrogen) atoms. The molecule has 2 rings (SSSR count). The Kier molecular flexibility index (Phi) is 5.21. The molecule has 1 aliphatic rings. The quantitative estimate of drug-likeness (QED) is 0.862. The fraction of sp³-hybridized carbons (Fsp3) is 0.579. The Morgan fingerprint density at radius 1 is 1.33 bits per heavy atom. The van der Waals surface area contributed by atoms with Gasteiger partial charge in [0, 0.05) is 18.7 Å². The number of hydrogen-bond acceptors (Lipinski definition) is 4. The van der Waals surface area contributed by atoms with E-state index in [2.05, 4.69) is 0 Å². The monoisotopic (exact) mass is 332 g/mol. The molecule has 0 bridgehead atoms. The third kappa shape index (κ3) is 4.08. The molecule has 1 aromatic rings. The van der Waals surface area contributed by atoms with Gasteiger partial charge in [-0.3, -0.25) is 9.69 Å². The molecule has 0 radical (unpaired) electrons. The molecule has 5 heteroatoms. The van der Waals surface area contributed by atoms with Gasteiger partial charge in [-0.05, 0) is 51.2 Å². The fourth-order valence-corrected chi connectivity index (χ4v) is 3.15. The minimum absolute atomic E-state index is 0.0168. The zero-order valence-electron chi connectivity index (χ0n) is 15.3. The van der Waals surface area contributed by atoms with Gasteiger partial charge >= 0.3 is 6.09 Å². The van der Waals surface area contributed by atoms with Crippen LogP contribution in [0, 0.1) is 12.8 Å². The summed E-state index contributed by atoms with van der Waals surface area (Å²) >= 11 is 0. The lowest BCUT2D eigenvalue weighted by atomic mass is 9.93. The summed E-state index contributed by atoms with van der Waals surface area (Å²) < 4.78 is 5.45. The molecule has 1 saturated heterocycles. The molecule has 0 aromatic heterocycles. The van der Waals surface area contributed by atoms with Crippen molar-refractivity contribution < 1.29 is 14.3 Å². The van der Waals surface area contributed by atoms with E-state index >= 15 is 0 Å². The second-order valence-corrected chi connectivity index (χ2v) is 7.68. The molecule has 1 aromatic carbocycles. The first-order valence-corrected chi connectivity index (χ1v) is 8.46. The maximum absolute atomic E-state index is 12.9. The predicted molar refractivity (Wildman–Crippen MR) is 94.8 cm³/mol. The van der Waals surface area contributed by atoms with Crippen LogP contribution < -0.4 is 5.73 Å². The number of nitrogens with zero attached hydrogens (tertiary/aromatic N) is 1. The topological polar surface area (TPSA) is 72.6 Å². The van der Waals surface area contributed by atoms with Crippen molar-refractivity contribution in [3.63, 3.8) is 0 Å². The third-order valence-corrected chi connectivity index (χ3v) is 4.44. The van der Waals surface area contributed by atoms with Crippen LogP contribution in [-0.2, 0) is 16.0 Å². The molecule has 1 heterocycles. The SMILES string of the molecule is Cc1cccc(CC(=O)[C@@H]2[C@@H](C)CCN2C(=O)OC(C)(C)C)c1N. The molecule has 2 atom stereocenters. The van der Waals surface area contributed by atoms with Crippen LogP contribution in [0.5, 0.6) is 0 Å². The van der Waals surface area contributed by atoms with Gasteiger partial charge in [-0.25, -0.2) is 4.79 Å². The first kappa shape index (κ1) is 18.3. The minimum atomic E-state index is -0.572. The molecular weight excluding hydrogens is 304 g/mol. The Hall–Kier alpha value is -2.04. The highest BCUT2D eigenvalue weighted by Gasteiger charge is 2.40. The lowest BCUT2D eigenvalue weighted by Crippen LogP contribution is -2.45. The summed E-state index contributed by atoms with van der Waals surface area (Å²) in [6, 6.07) is 5.25. The standard InChI is InChI=1S/C19H28N2O3/c1-12-7-6-8-14(16(12)20)11-15(22)17-13(2)9-10-21(17)18(23)24-19(3,4)5/h6-8,13,17H,9-11,20H2,1-5H3/t13-,17-/m0/s1. The van der Waals surface area contributed by atoms with Crippen LogP contribution in [0.2, 0.25) is 0 Å². The molecule has 0 saturated carbocycles. The van der Waals surface area contributed by atoms with E-state index in [0.29, 0.717) is 12.2 Å². The van der Waals surface area contributed by atoms with Crippen LogP contribution in [0.25, 0.3) is 0 Å². The summed E-state index contributed by atoms with van der Waals surface area (Å²) in [6.07, 6.45) is 0.628. The highest BCUT2D eigenvalue weighted by Crippen LogP contribution is 2.28. The molecule has 1 aliphatic heterocycles. The largest absolute Gasteiger partial charge is 0.444 e. The smallest absolute Gasteiger partial charge is 0.410 e. The van der Waals surface area contributed by atoms with Crippen molar-refractivity contribution in [2.24, 2.45) is 5.92 Å². The Balaban J connectivity index is 2.16. The van der Waals surface area contributed by atoms with Crippen molar-refractivity contribution in [2.75, 3.05) is 12.3 Å².